The van der Waals surface area contributed by atoms with E-state index in [4.69, 9.17) is 9.68 Å². The van der Waals surface area contributed by atoms with Crippen molar-refractivity contribution in [3.63, 3.8) is 0 Å². The zero-order valence-electron chi connectivity index (χ0n) is 15.2. The predicted octanol–water partition coefficient (Wildman–Crippen LogP) is 4.34. The number of rotatable bonds is 5. The van der Waals surface area contributed by atoms with E-state index in [1.807, 2.05) is 38.1 Å². The SMILES string of the molecule is Cc1ccc(-c2nnc(S[C@H](C)C(=O)Nc3ccc(C#N)cc3)o2)cc1C. The summed E-state index contributed by atoms with van der Waals surface area (Å²) < 4.78 is 5.69. The second-order valence-electron chi connectivity index (χ2n) is 6.11. The number of aromatic nitrogens is 2. The van der Waals surface area contributed by atoms with Crippen molar-refractivity contribution in [2.24, 2.45) is 0 Å². The molecular formula is C20H18N4O2S. The Bertz CT molecular complexity index is 1010. The lowest BCUT2D eigenvalue weighted by Crippen LogP contribution is -2.22. The zero-order valence-corrected chi connectivity index (χ0v) is 16.0. The van der Waals surface area contributed by atoms with E-state index in [0.29, 0.717) is 22.4 Å². The van der Waals surface area contributed by atoms with Gasteiger partial charge >= 0.3 is 0 Å². The van der Waals surface area contributed by atoms with Crippen LogP contribution in [-0.2, 0) is 4.79 Å². The van der Waals surface area contributed by atoms with Gasteiger partial charge in [0.05, 0.1) is 16.9 Å². The van der Waals surface area contributed by atoms with Gasteiger partial charge in [-0.15, -0.1) is 10.2 Å². The standard InChI is InChI=1S/C20H18N4O2S/c1-12-4-7-16(10-13(12)2)19-23-24-20(26-19)27-14(3)18(25)22-17-8-5-15(11-21)6-9-17/h4-10,14H,1-3H3,(H,22,25)/t14-/m1/s1. The number of anilines is 1. The quantitative estimate of drug-likeness (QED) is 0.664. The highest BCUT2D eigenvalue weighted by atomic mass is 32.2. The molecule has 0 saturated carbocycles. The summed E-state index contributed by atoms with van der Waals surface area (Å²) in [5, 5.41) is 19.6. The second kappa shape index (κ2) is 8.06. The first kappa shape index (κ1) is 18.7. The first-order chi connectivity index (χ1) is 13.0. The molecule has 0 aliphatic heterocycles. The summed E-state index contributed by atoms with van der Waals surface area (Å²) >= 11 is 1.20. The van der Waals surface area contributed by atoms with Gasteiger partial charge in [0.2, 0.25) is 11.8 Å². The summed E-state index contributed by atoms with van der Waals surface area (Å²) in [4.78, 5) is 12.3. The number of carbonyl (C=O) groups is 1. The highest BCUT2D eigenvalue weighted by Gasteiger charge is 2.19. The topological polar surface area (TPSA) is 91.8 Å². The van der Waals surface area contributed by atoms with Gasteiger partial charge in [-0.2, -0.15) is 5.26 Å². The Hall–Kier alpha value is -3.11. The Morgan fingerprint density at radius 3 is 2.56 bits per heavy atom. The Labute approximate surface area is 161 Å². The smallest absolute Gasteiger partial charge is 0.277 e. The minimum Gasteiger partial charge on any atom is -0.411 e. The van der Waals surface area contributed by atoms with Crippen LogP contribution in [0.25, 0.3) is 11.5 Å². The number of hydrogen-bond acceptors (Lipinski definition) is 6. The van der Waals surface area contributed by atoms with Crippen molar-refractivity contribution in [3.05, 3.63) is 59.2 Å². The number of aryl methyl sites for hydroxylation is 2. The lowest BCUT2D eigenvalue weighted by Gasteiger charge is -2.09. The molecule has 7 heteroatoms. The molecule has 0 saturated heterocycles. The molecule has 2 aromatic carbocycles. The van der Waals surface area contributed by atoms with E-state index in [-0.39, 0.29) is 5.91 Å². The van der Waals surface area contributed by atoms with Crippen LogP contribution in [0.2, 0.25) is 0 Å². The molecule has 3 rings (SSSR count). The Kier molecular flexibility index (Phi) is 5.57. The van der Waals surface area contributed by atoms with Gasteiger partial charge in [-0.25, -0.2) is 0 Å². The molecule has 0 unspecified atom stereocenters. The highest BCUT2D eigenvalue weighted by molar-refractivity contribution is 8.00. The Balaban J connectivity index is 1.64. The van der Waals surface area contributed by atoms with E-state index in [2.05, 4.69) is 15.5 Å². The fraction of sp³-hybridized carbons (Fsp3) is 0.200. The third kappa shape index (κ3) is 4.54. The molecular weight excluding hydrogens is 360 g/mol. The van der Waals surface area contributed by atoms with Gasteiger partial charge in [0, 0.05) is 11.3 Å². The van der Waals surface area contributed by atoms with Crippen molar-refractivity contribution in [3.8, 4) is 17.5 Å². The van der Waals surface area contributed by atoms with E-state index in [9.17, 15) is 4.79 Å². The van der Waals surface area contributed by atoms with Gasteiger partial charge in [-0.1, -0.05) is 17.8 Å². The summed E-state index contributed by atoms with van der Waals surface area (Å²) in [5.74, 6) is 0.246. The number of benzene rings is 2. The maximum Gasteiger partial charge on any atom is 0.277 e. The lowest BCUT2D eigenvalue weighted by molar-refractivity contribution is -0.115. The summed E-state index contributed by atoms with van der Waals surface area (Å²) in [7, 11) is 0. The third-order valence-electron chi connectivity index (χ3n) is 4.09. The molecule has 0 bridgehead atoms. The Morgan fingerprint density at radius 1 is 1.15 bits per heavy atom. The van der Waals surface area contributed by atoms with Gasteiger partial charge in [-0.05, 0) is 68.3 Å². The van der Waals surface area contributed by atoms with Crippen LogP contribution in [0.1, 0.15) is 23.6 Å². The van der Waals surface area contributed by atoms with Crippen LogP contribution in [0.4, 0.5) is 5.69 Å². The van der Waals surface area contributed by atoms with Gasteiger partial charge in [0.1, 0.15) is 0 Å². The van der Waals surface area contributed by atoms with E-state index in [1.54, 1.807) is 31.2 Å². The molecule has 1 heterocycles. The minimum atomic E-state index is -0.423. The van der Waals surface area contributed by atoms with Crippen LogP contribution in [0.3, 0.4) is 0 Å². The third-order valence-corrected chi connectivity index (χ3v) is 5.02. The minimum absolute atomic E-state index is 0.185. The molecule has 0 radical (unpaired) electrons. The molecule has 1 amide bonds. The Morgan fingerprint density at radius 2 is 1.89 bits per heavy atom. The number of thioether (sulfide) groups is 1. The van der Waals surface area contributed by atoms with Gasteiger partial charge in [0.15, 0.2) is 0 Å². The fourth-order valence-corrected chi connectivity index (χ4v) is 3.01. The van der Waals surface area contributed by atoms with Crippen molar-refractivity contribution in [2.45, 2.75) is 31.2 Å². The van der Waals surface area contributed by atoms with Crippen LogP contribution in [-0.4, -0.2) is 21.4 Å². The van der Waals surface area contributed by atoms with E-state index >= 15 is 0 Å². The number of carbonyl (C=O) groups excluding carboxylic acids is 1. The maximum atomic E-state index is 12.3. The highest BCUT2D eigenvalue weighted by Crippen LogP contribution is 2.27. The van der Waals surface area contributed by atoms with Crippen LogP contribution in [0.15, 0.2) is 52.1 Å². The fourth-order valence-electron chi connectivity index (χ4n) is 2.33. The molecule has 1 aromatic heterocycles. The maximum absolute atomic E-state index is 12.3. The first-order valence-corrected chi connectivity index (χ1v) is 9.23. The number of nitriles is 1. The first-order valence-electron chi connectivity index (χ1n) is 8.35. The summed E-state index contributed by atoms with van der Waals surface area (Å²) in [6, 6.07) is 14.7. The molecule has 27 heavy (non-hydrogen) atoms. The van der Waals surface area contributed by atoms with Gasteiger partial charge in [-0.3, -0.25) is 4.79 Å². The van der Waals surface area contributed by atoms with Crippen LogP contribution >= 0.6 is 11.8 Å². The molecule has 136 valence electrons. The number of nitrogens with one attached hydrogen (secondary N) is 1. The number of amides is 1. The number of hydrogen-bond donors (Lipinski definition) is 1. The van der Waals surface area contributed by atoms with E-state index in [0.717, 1.165) is 11.1 Å². The molecule has 0 spiro atoms. The molecule has 0 aliphatic carbocycles. The lowest BCUT2D eigenvalue weighted by atomic mass is 10.1. The second-order valence-corrected chi connectivity index (χ2v) is 7.40. The van der Waals surface area contributed by atoms with Crippen molar-refractivity contribution >= 4 is 23.4 Å². The molecule has 0 aliphatic rings. The van der Waals surface area contributed by atoms with Crippen LogP contribution in [0, 0.1) is 25.2 Å². The van der Waals surface area contributed by atoms with Crippen LogP contribution < -0.4 is 5.32 Å². The molecule has 1 atom stereocenters. The average molecular weight is 378 g/mol. The van der Waals surface area contributed by atoms with Crippen molar-refractivity contribution in [1.29, 1.82) is 5.26 Å². The molecule has 6 nitrogen and oxygen atoms in total. The molecule has 1 N–H and O–H groups in total. The average Bonchev–Trinajstić information content (AvgIpc) is 3.13. The molecule has 3 aromatic rings. The zero-order chi connectivity index (χ0) is 19.4. The van der Waals surface area contributed by atoms with Gasteiger partial charge < -0.3 is 9.73 Å². The summed E-state index contributed by atoms with van der Waals surface area (Å²) in [5.41, 5.74) is 4.37. The summed E-state index contributed by atoms with van der Waals surface area (Å²) in [6.07, 6.45) is 0. The normalized spacial score (nSPS) is 11.6. The van der Waals surface area contributed by atoms with Crippen molar-refractivity contribution in [1.82, 2.24) is 10.2 Å². The monoisotopic (exact) mass is 378 g/mol. The van der Waals surface area contributed by atoms with Crippen LogP contribution in [0.5, 0.6) is 0 Å². The summed E-state index contributed by atoms with van der Waals surface area (Å²) in [6.45, 7) is 5.84. The number of nitrogens with zero attached hydrogens (tertiary/aromatic N) is 3. The van der Waals surface area contributed by atoms with E-state index in [1.165, 1.54) is 17.3 Å². The van der Waals surface area contributed by atoms with E-state index < -0.39 is 5.25 Å². The molecule has 0 fully saturated rings. The predicted molar refractivity (Wildman–Crippen MR) is 104 cm³/mol. The van der Waals surface area contributed by atoms with Crippen molar-refractivity contribution < 1.29 is 9.21 Å². The largest absolute Gasteiger partial charge is 0.411 e. The van der Waals surface area contributed by atoms with Crippen molar-refractivity contribution in [2.75, 3.05) is 5.32 Å². The van der Waals surface area contributed by atoms with Gasteiger partial charge in [0.25, 0.3) is 5.22 Å².